The summed E-state index contributed by atoms with van der Waals surface area (Å²) in [6.45, 7) is 3.33. The van der Waals surface area contributed by atoms with Crippen LogP contribution in [0.25, 0.3) is 5.76 Å². The average Bonchev–Trinajstić information content (AvgIpc) is 2.86. The van der Waals surface area contributed by atoms with E-state index in [4.69, 9.17) is 23.2 Å². The van der Waals surface area contributed by atoms with Gasteiger partial charge in [0.15, 0.2) is 0 Å². The van der Waals surface area contributed by atoms with E-state index in [1.807, 2.05) is 6.92 Å². The molecule has 0 bridgehead atoms. The van der Waals surface area contributed by atoms with E-state index < -0.39 is 23.8 Å². The van der Waals surface area contributed by atoms with Crippen molar-refractivity contribution < 1.29 is 19.8 Å². The fourth-order valence-electron chi connectivity index (χ4n) is 3.27. The van der Waals surface area contributed by atoms with Crippen LogP contribution in [0.1, 0.15) is 29.7 Å². The number of β-amino-alcohol motifs (C(OH)–C–C–N with tert-alkyl or cyclic N) is 1. The summed E-state index contributed by atoms with van der Waals surface area (Å²) < 4.78 is 0. The molecule has 1 amide bonds. The van der Waals surface area contributed by atoms with Gasteiger partial charge in [0.25, 0.3) is 11.7 Å². The highest BCUT2D eigenvalue weighted by Gasteiger charge is 2.47. The Morgan fingerprint density at radius 2 is 1.79 bits per heavy atom. The van der Waals surface area contributed by atoms with Crippen LogP contribution in [0.4, 0.5) is 0 Å². The first-order valence-electron chi connectivity index (χ1n) is 8.69. The zero-order valence-electron chi connectivity index (χ0n) is 15.3. The lowest BCUT2D eigenvalue weighted by Crippen LogP contribution is -2.35. The van der Waals surface area contributed by atoms with Gasteiger partial charge in [-0.15, -0.1) is 0 Å². The number of amides is 1. The van der Waals surface area contributed by atoms with Crippen molar-refractivity contribution >= 4 is 40.7 Å². The van der Waals surface area contributed by atoms with Gasteiger partial charge in [-0.1, -0.05) is 59.1 Å². The Hall–Kier alpha value is -2.34. The van der Waals surface area contributed by atoms with Crippen LogP contribution in [-0.4, -0.2) is 39.5 Å². The molecule has 1 saturated heterocycles. The van der Waals surface area contributed by atoms with Crippen molar-refractivity contribution in [3.05, 3.63) is 74.8 Å². The van der Waals surface area contributed by atoms with E-state index in [0.29, 0.717) is 16.1 Å². The summed E-state index contributed by atoms with van der Waals surface area (Å²) in [5, 5.41) is 21.4. The van der Waals surface area contributed by atoms with Crippen molar-refractivity contribution in [2.24, 2.45) is 0 Å². The van der Waals surface area contributed by atoms with Gasteiger partial charge in [-0.25, -0.2) is 0 Å². The summed E-state index contributed by atoms with van der Waals surface area (Å²) in [5.74, 6) is -1.91. The van der Waals surface area contributed by atoms with Crippen molar-refractivity contribution in [1.82, 2.24) is 4.90 Å². The highest BCUT2D eigenvalue weighted by atomic mass is 35.5. The zero-order chi connectivity index (χ0) is 20.6. The molecule has 1 fully saturated rings. The van der Waals surface area contributed by atoms with Crippen molar-refractivity contribution in [3.8, 4) is 0 Å². The smallest absolute Gasteiger partial charge is 0.295 e. The first kappa shape index (κ1) is 20.4. The minimum absolute atomic E-state index is 0.0706. The Balaban J connectivity index is 2.22. The van der Waals surface area contributed by atoms with Crippen LogP contribution < -0.4 is 0 Å². The summed E-state index contributed by atoms with van der Waals surface area (Å²) in [6, 6.07) is 10.7. The molecule has 2 aromatic carbocycles. The molecule has 0 aromatic heterocycles. The molecule has 0 radical (unpaired) electrons. The number of ketones is 1. The van der Waals surface area contributed by atoms with Gasteiger partial charge in [-0.3, -0.25) is 9.59 Å². The number of nitrogens with zero attached hydrogens (tertiary/aromatic N) is 1. The highest BCUT2D eigenvalue weighted by Crippen LogP contribution is 2.42. The number of carbonyl (C=O) groups excluding carboxylic acids is 2. The molecule has 0 spiro atoms. The van der Waals surface area contributed by atoms with Gasteiger partial charge in [0.05, 0.1) is 17.7 Å². The average molecular weight is 420 g/mol. The number of benzene rings is 2. The fourth-order valence-corrected chi connectivity index (χ4v) is 3.78. The number of carbonyl (C=O) groups is 2. The van der Waals surface area contributed by atoms with Crippen LogP contribution in [0.15, 0.2) is 48.0 Å². The molecule has 1 aliphatic heterocycles. The van der Waals surface area contributed by atoms with Gasteiger partial charge in [-0.05, 0) is 31.5 Å². The molecule has 2 unspecified atom stereocenters. The summed E-state index contributed by atoms with van der Waals surface area (Å²) in [7, 11) is 0. The molecule has 2 N–H and O–H groups in total. The molecule has 0 aliphatic carbocycles. The maximum absolute atomic E-state index is 12.8. The molecule has 3 rings (SSSR count). The molecule has 5 nitrogen and oxygen atoms in total. The molecule has 146 valence electrons. The predicted octanol–water partition coefficient (Wildman–Crippen LogP) is 4.10. The number of Topliss-reactive ketones (excluding diaryl/α,β-unsaturated/α-hetero) is 1. The van der Waals surface area contributed by atoms with Crippen LogP contribution in [0.5, 0.6) is 0 Å². The number of rotatable bonds is 4. The third-order valence-electron chi connectivity index (χ3n) is 4.58. The molecule has 0 saturated carbocycles. The Bertz CT molecular complexity index is 967. The standard InChI is InChI=1S/C21H19Cl2NO4/c1-11-3-5-13(6-4-11)19(26)17-18(15-8-7-14(22)9-16(15)23)24(10-12(2)25)21(28)20(17)27/h3-9,12,18,25-26H,10H2,1-2H3/b19-17-. The maximum atomic E-state index is 12.8. The van der Waals surface area contributed by atoms with Crippen LogP contribution >= 0.6 is 23.2 Å². The largest absolute Gasteiger partial charge is 0.507 e. The second kappa shape index (κ2) is 7.95. The molecular formula is C21H19Cl2NO4. The van der Waals surface area contributed by atoms with Crippen molar-refractivity contribution in [3.63, 3.8) is 0 Å². The molecular weight excluding hydrogens is 401 g/mol. The number of aryl methyl sites for hydroxylation is 1. The summed E-state index contributed by atoms with van der Waals surface area (Å²) in [4.78, 5) is 26.7. The van der Waals surface area contributed by atoms with Gasteiger partial charge in [0.2, 0.25) is 0 Å². The number of hydrogen-bond acceptors (Lipinski definition) is 4. The van der Waals surface area contributed by atoms with Crippen molar-refractivity contribution in [2.75, 3.05) is 6.54 Å². The Kier molecular flexibility index (Phi) is 5.79. The molecule has 2 atom stereocenters. The number of likely N-dealkylation sites (tertiary alicyclic amines) is 1. The SMILES string of the molecule is Cc1ccc(/C(O)=C2/C(=O)C(=O)N(CC(C)O)C2c2ccc(Cl)cc2Cl)cc1. The zero-order valence-corrected chi connectivity index (χ0v) is 16.8. The monoisotopic (exact) mass is 419 g/mol. The Morgan fingerprint density at radius 3 is 2.36 bits per heavy atom. The number of hydrogen-bond donors (Lipinski definition) is 2. The lowest BCUT2D eigenvalue weighted by molar-refractivity contribution is -0.140. The minimum Gasteiger partial charge on any atom is -0.507 e. The van der Waals surface area contributed by atoms with E-state index >= 15 is 0 Å². The van der Waals surface area contributed by atoms with Gasteiger partial charge in [0, 0.05) is 22.2 Å². The number of halogens is 2. The third-order valence-corrected chi connectivity index (χ3v) is 5.15. The third kappa shape index (κ3) is 3.78. The van der Waals surface area contributed by atoms with Gasteiger partial charge in [0.1, 0.15) is 5.76 Å². The van der Waals surface area contributed by atoms with Crippen LogP contribution in [-0.2, 0) is 9.59 Å². The topological polar surface area (TPSA) is 77.8 Å². The lowest BCUT2D eigenvalue weighted by atomic mass is 9.95. The summed E-state index contributed by atoms with van der Waals surface area (Å²) >= 11 is 12.3. The number of aliphatic hydroxyl groups is 2. The normalized spacial score (nSPS) is 19.9. The summed E-state index contributed by atoms with van der Waals surface area (Å²) in [5.41, 5.74) is 1.78. The quantitative estimate of drug-likeness (QED) is 0.444. The molecule has 7 heteroatoms. The van der Waals surface area contributed by atoms with E-state index in [1.165, 1.54) is 17.9 Å². The Morgan fingerprint density at radius 1 is 1.14 bits per heavy atom. The van der Waals surface area contributed by atoms with E-state index in [2.05, 4.69) is 0 Å². The van der Waals surface area contributed by atoms with E-state index in [9.17, 15) is 19.8 Å². The molecule has 28 heavy (non-hydrogen) atoms. The molecule has 1 aliphatic rings. The molecule has 2 aromatic rings. The highest BCUT2D eigenvalue weighted by molar-refractivity contribution is 6.47. The fraction of sp³-hybridized carbons (Fsp3) is 0.238. The second-order valence-electron chi connectivity index (χ2n) is 6.83. The van der Waals surface area contributed by atoms with E-state index in [0.717, 1.165) is 5.56 Å². The second-order valence-corrected chi connectivity index (χ2v) is 7.68. The van der Waals surface area contributed by atoms with Gasteiger partial charge >= 0.3 is 0 Å². The predicted molar refractivity (Wildman–Crippen MR) is 108 cm³/mol. The maximum Gasteiger partial charge on any atom is 0.295 e. The van der Waals surface area contributed by atoms with Gasteiger partial charge < -0.3 is 15.1 Å². The first-order chi connectivity index (χ1) is 13.2. The first-order valence-corrected chi connectivity index (χ1v) is 9.44. The van der Waals surface area contributed by atoms with Gasteiger partial charge in [-0.2, -0.15) is 0 Å². The Labute approximate surface area is 172 Å². The number of aliphatic hydroxyl groups excluding tert-OH is 2. The van der Waals surface area contributed by atoms with Crippen LogP contribution in [0.3, 0.4) is 0 Å². The van der Waals surface area contributed by atoms with Crippen LogP contribution in [0.2, 0.25) is 10.0 Å². The van der Waals surface area contributed by atoms with E-state index in [1.54, 1.807) is 36.4 Å². The van der Waals surface area contributed by atoms with Crippen molar-refractivity contribution in [1.29, 1.82) is 0 Å². The van der Waals surface area contributed by atoms with Crippen LogP contribution in [0, 0.1) is 6.92 Å². The minimum atomic E-state index is -0.930. The van der Waals surface area contributed by atoms with E-state index in [-0.39, 0.29) is 22.9 Å². The van der Waals surface area contributed by atoms with Crippen molar-refractivity contribution in [2.45, 2.75) is 26.0 Å². The lowest BCUT2D eigenvalue weighted by Gasteiger charge is -2.27. The molecule has 1 heterocycles. The summed E-state index contributed by atoms with van der Waals surface area (Å²) in [6.07, 6.45) is -0.869.